The number of carbonyl (C=O) groups is 1. The van der Waals surface area contributed by atoms with Gasteiger partial charge in [0.1, 0.15) is 11.6 Å². The van der Waals surface area contributed by atoms with Gasteiger partial charge < -0.3 is 10.1 Å². The van der Waals surface area contributed by atoms with Gasteiger partial charge in [0, 0.05) is 6.54 Å². The van der Waals surface area contributed by atoms with E-state index in [2.05, 4.69) is 10.1 Å². The molecule has 0 saturated heterocycles. The van der Waals surface area contributed by atoms with Gasteiger partial charge in [-0.05, 0) is 24.1 Å². The topological polar surface area (TPSA) is 38.3 Å². The number of hydrogen-bond acceptors (Lipinski definition) is 2. The molecule has 1 N–H and O–H groups in total. The molecule has 0 saturated carbocycles. The molecule has 0 fully saturated rings. The predicted octanol–water partition coefficient (Wildman–Crippen LogP) is 2.48. The highest BCUT2D eigenvalue weighted by Gasteiger charge is 2.30. The molecular formula is C11H11ClF3NO2. The molecule has 1 amide bonds. The molecule has 0 atom stereocenters. The first kappa shape index (κ1) is 14.6. The fraction of sp³-hybridized carbons (Fsp3) is 0.364. The molecule has 0 aliphatic heterocycles. The molecule has 1 aromatic rings. The Morgan fingerprint density at radius 2 is 1.89 bits per heavy atom. The molecule has 1 rings (SSSR count). The Hall–Kier alpha value is -1.43. The van der Waals surface area contributed by atoms with Crippen molar-refractivity contribution < 1.29 is 22.7 Å². The Bertz CT molecular complexity index is 392. The molecule has 0 aliphatic carbocycles. The van der Waals surface area contributed by atoms with Crippen LogP contribution >= 0.6 is 11.6 Å². The number of rotatable bonds is 5. The molecule has 0 aromatic heterocycles. The smallest absolute Gasteiger partial charge is 0.406 e. The van der Waals surface area contributed by atoms with Gasteiger partial charge >= 0.3 is 6.36 Å². The van der Waals surface area contributed by atoms with E-state index in [4.69, 9.17) is 11.6 Å². The minimum atomic E-state index is -4.68. The number of amides is 1. The minimum Gasteiger partial charge on any atom is -0.406 e. The quantitative estimate of drug-likeness (QED) is 0.842. The van der Waals surface area contributed by atoms with Crippen molar-refractivity contribution >= 4 is 17.5 Å². The van der Waals surface area contributed by atoms with Gasteiger partial charge in [0.15, 0.2) is 0 Å². The zero-order valence-electron chi connectivity index (χ0n) is 9.26. The second kappa shape index (κ2) is 6.49. The fourth-order valence-electron chi connectivity index (χ4n) is 1.25. The summed E-state index contributed by atoms with van der Waals surface area (Å²) in [7, 11) is 0. The summed E-state index contributed by atoms with van der Waals surface area (Å²) in [5.41, 5.74) is 0.791. The molecule has 0 bridgehead atoms. The second-order valence-corrected chi connectivity index (χ2v) is 3.69. The van der Waals surface area contributed by atoms with Crippen molar-refractivity contribution in [1.82, 2.24) is 5.32 Å². The van der Waals surface area contributed by atoms with E-state index in [1.165, 1.54) is 24.3 Å². The minimum absolute atomic E-state index is 0.113. The third-order valence-electron chi connectivity index (χ3n) is 2.01. The van der Waals surface area contributed by atoms with Crippen molar-refractivity contribution in [1.29, 1.82) is 0 Å². The third kappa shape index (κ3) is 5.77. The van der Waals surface area contributed by atoms with Crippen molar-refractivity contribution in [3.05, 3.63) is 29.8 Å². The summed E-state index contributed by atoms with van der Waals surface area (Å²) in [4.78, 5) is 10.8. The van der Waals surface area contributed by atoms with Crippen molar-refractivity contribution in [3.63, 3.8) is 0 Å². The summed E-state index contributed by atoms with van der Waals surface area (Å²) in [5, 5.41) is 2.55. The standard InChI is InChI=1S/C11H11ClF3NO2/c12-7-10(17)16-6-5-8-1-3-9(4-2-8)18-11(13,14)15/h1-4H,5-7H2,(H,16,17). The number of benzene rings is 1. The van der Waals surface area contributed by atoms with Crippen LogP contribution in [0.25, 0.3) is 0 Å². The van der Waals surface area contributed by atoms with E-state index in [-0.39, 0.29) is 17.5 Å². The summed E-state index contributed by atoms with van der Waals surface area (Å²) in [5.74, 6) is -0.664. The van der Waals surface area contributed by atoms with Gasteiger partial charge in [-0.3, -0.25) is 4.79 Å². The molecule has 0 spiro atoms. The van der Waals surface area contributed by atoms with Gasteiger partial charge in [0.25, 0.3) is 0 Å². The van der Waals surface area contributed by atoms with E-state index in [9.17, 15) is 18.0 Å². The summed E-state index contributed by atoms with van der Waals surface area (Å²) in [6.07, 6.45) is -4.18. The molecule has 100 valence electrons. The summed E-state index contributed by atoms with van der Waals surface area (Å²) in [6.45, 7) is 0.380. The number of carbonyl (C=O) groups excluding carboxylic acids is 1. The highest BCUT2D eigenvalue weighted by molar-refractivity contribution is 6.27. The Morgan fingerprint density at radius 1 is 1.28 bits per heavy atom. The van der Waals surface area contributed by atoms with Gasteiger partial charge in [0.05, 0.1) is 0 Å². The van der Waals surface area contributed by atoms with Crippen LogP contribution in [-0.4, -0.2) is 24.7 Å². The lowest BCUT2D eigenvalue weighted by Crippen LogP contribution is -2.26. The van der Waals surface area contributed by atoms with Crippen LogP contribution in [0, 0.1) is 0 Å². The number of alkyl halides is 4. The molecule has 7 heteroatoms. The number of halogens is 4. The van der Waals surface area contributed by atoms with Crippen LogP contribution in [0.2, 0.25) is 0 Å². The molecule has 0 unspecified atom stereocenters. The molecule has 0 heterocycles. The van der Waals surface area contributed by atoms with E-state index >= 15 is 0 Å². The summed E-state index contributed by atoms with van der Waals surface area (Å²) in [6, 6.07) is 5.47. The summed E-state index contributed by atoms with van der Waals surface area (Å²) < 4.78 is 39.4. The predicted molar refractivity (Wildman–Crippen MR) is 60.6 cm³/mol. The van der Waals surface area contributed by atoms with E-state index in [0.717, 1.165) is 5.56 Å². The lowest BCUT2D eigenvalue weighted by atomic mass is 10.1. The normalized spacial score (nSPS) is 11.1. The first-order valence-corrected chi connectivity index (χ1v) is 5.61. The van der Waals surface area contributed by atoms with E-state index in [1.54, 1.807) is 0 Å². The van der Waals surface area contributed by atoms with Crippen molar-refractivity contribution in [2.75, 3.05) is 12.4 Å². The van der Waals surface area contributed by atoms with Crippen LogP contribution in [0.5, 0.6) is 5.75 Å². The van der Waals surface area contributed by atoms with Crippen LogP contribution in [0.15, 0.2) is 24.3 Å². The molecule has 3 nitrogen and oxygen atoms in total. The summed E-state index contributed by atoms with van der Waals surface area (Å²) >= 11 is 5.28. The van der Waals surface area contributed by atoms with E-state index in [0.29, 0.717) is 13.0 Å². The Labute approximate surface area is 107 Å². The largest absolute Gasteiger partial charge is 0.573 e. The average Bonchev–Trinajstić information content (AvgIpc) is 2.29. The molecule has 18 heavy (non-hydrogen) atoms. The van der Waals surface area contributed by atoms with Gasteiger partial charge in [-0.1, -0.05) is 12.1 Å². The number of nitrogens with one attached hydrogen (secondary N) is 1. The first-order valence-electron chi connectivity index (χ1n) is 5.08. The molecule has 0 aliphatic rings. The van der Waals surface area contributed by atoms with Gasteiger partial charge in [0.2, 0.25) is 5.91 Å². The van der Waals surface area contributed by atoms with Crippen LogP contribution < -0.4 is 10.1 Å². The Kier molecular flexibility index (Phi) is 5.27. The van der Waals surface area contributed by atoms with Crippen molar-refractivity contribution in [2.24, 2.45) is 0 Å². The van der Waals surface area contributed by atoms with E-state index < -0.39 is 6.36 Å². The van der Waals surface area contributed by atoms with E-state index in [1.807, 2.05) is 0 Å². The second-order valence-electron chi connectivity index (χ2n) is 3.43. The van der Waals surface area contributed by atoms with Gasteiger partial charge in [-0.2, -0.15) is 0 Å². The maximum absolute atomic E-state index is 11.9. The number of ether oxygens (including phenoxy) is 1. The maximum atomic E-state index is 11.9. The fourth-order valence-corrected chi connectivity index (χ4v) is 1.35. The number of hydrogen-bond donors (Lipinski definition) is 1. The van der Waals surface area contributed by atoms with Crippen LogP contribution in [0.3, 0.4) is 0 Å². The monoisotopic (exact) mass is 281 g/mol. The zero-order valence-corrected chi connectivity index (χ0v) is 10.0. The van der Waals surface area contributed by atoms with Crippen molar-refractivity contribution in [3.8, 4) is 5.75 Å². The zero-order chi connectivity index (χ0) is 13.6. The first-order chi connectivity index (χ1) is 8.40. The lowest BCUT2D eigenvalue weighted by Gasteiger charge is -2.09. The van der Waals surface area contributed by atoms with Crippen LogP contribution in [0.4, 0.5) is 13.2 Å². The SMILES string of the molecule is O=C(CCl)NCCc1ccc(OC(F)(F)F)cc1. The molecular weight excluding hydrogens is 271 g/mol. The molecule has 0 radical (unpaired) electrons. The van der Waals surface area contributed by atoms with Crippen molar-refractivity contribution in [2.45, 2.75) is 12.8 Å². The van der Waals surface area contributed by atoms with Gasteiger partial charge in [-0.15, -0.1) is 24.8 Å². The third-order valence-corrected chi connectivity index (χ3v) is 2.26. The molecule has 1 aromatic carbocycles. The Balaban J connectivity index is 2.43. The highest BCUT2D eigenvalue weighted by atomic mass is 35.5. The van der Waals surface area contributed by atoms with Gasteiger partial charge in [-0.25, -0.2) is 0 Å². The highest BCUT2D eigenvalue weighted by Crippen LogP contribution is 2.22. The van der Waals surface area contributed by atoms with Crippen LogP contribution in [0.1, 0.15) is 5.56 Å². The Morgan fingerprint density at radius 3 is 2.39 bits per heavy atom. The lowest BCUT2D eigenvalue weighted by molar-refractivity contribution is -0.274. The van der Waals surface area contributed by atoms with Crippen LogP contribution in [-0.2, 0) is 11.2 Å². The maximum Gasteiger partial charge on any atom is 0.573 e. The average molecular weight is 282 g/mol.